The van der Waals surface area contributed by atoms with Crippen molar-refractivity contribution in [1.29, 1.82) is 0 Å². The van der Waals surface area contributed by atoms with Crippen molar-refractivity contribution in [1.82, 2.24) is 14.9 Å². The second kappa shape index (κ2) is 11.4. The summed E-state index contributed by atoms with van der Waals surface area (Å²) in [5.41, 5.74) is 3.49. The van der Waals surface area contributed by atoms with Crippen LogP contribution in [0.1, 0.15) is 10.4 Å². The number of ether oxygens (including phenoxy) is 1. The van der Waals surface area contributed by atoms with Crippen LogP contribution in [0.25, 0.3) is 0 Å². The van der Waals surface area contributed by atoms with Crippen LogP contribution in [0.2, 0.25) is 0 Å². The number of anilines is 5. The van der Waals surface area contributed by atoms with E-state index in [0.717, 1.165) is 44.1 Å². The number of carbonyl (C=O) groups is 1. The summed E-state index contributed by atoms with van der Waals surface area (Å²) >= 11 is 1.82. The number of thiophene rings is 1. The number of rotatable bonds is 10. The van der Waals surface area contributed by atoms with Crippen molar-refractivity contribution in [2.75, 3.05) is 68.3 Å². The molecule has 0 fully saturated rings. The van der Waals surface area contributed by atoms with Gasteiger partial charge >= 0.3 is 0 Å². The first kappa shape index (κ1) is 25.5. The van der Waals surface area contributed by atoms with Gasteiger partial charge in [-0.3, -0.25) is 4.79 Å². The van der Waals surface area contributed by atoms with Crippen molar-refractivity contribution in [2.45, 2.75) is 13.0 Å². The van der Waals surface area contributed by atoms with Gasteiger partial charge in [0.15, 0.2) is 0 Å². The Hall–Kier alpha value is -3.63. The molecular formula is C26H33N7O2S. The van der Waals surface area contributed by atoms with Gasteiger partial charge in [0, 0.05) is 50.4 Å². The number of hydrogen-bond donors (Lipinski definition) is 2. The van der Waals surface area contributed by atoms with Crippen LogP contribution < -0.4 is 25.2 Å². The van der Waals surface area contributed by atoms with Gasteiger partial charge in [-0.2, -0.15) is 4.98 Å². The fraction of sp³-hybridized carbons (Fsp3) is 0.346. The monoisotopic (exact) mass is 507 g/mol. The summed E-state index contributed by atoms with van der Waals surface area (Å²) in [6.45, 7) is 6.97. The average molecular weight is 508 g/mol. The maximum Gasteiger partial charge on any atom is 0.247 e. The maximum atomic E-state index is 12.2. The Balaban J connectivity index is 1.61. The fourth-order valence-corrected chi connectivity index (χ4v) is 4.95. The summed E-state index contributed by atoms with van der Waals surface area (Å²) in [5.74, 6) is 1.65. The molecule has 0 atom stereocenters. The summed E-state index contributed by atoms with van der Waals surface area (Å²) < 4.78 is 5.70. The minimum Gasteiger partial charge on any atom is -0.494 e. The lowest BCUT2D eigenvalue weighted by Crippen LogP contribution is -2.30. The highest BCUT2D eigenvalue weighted by molar-refractivity contribution is 7.10. The molecule has 2 aromatic heterocycles. The number of methoxy groups -OCH3 is 1. The van der Waals surface area contributed by atoms with E-state index >= 15 is 0 Å². The second-order valence-corrected chi connectivity index (χ2v) is 9.89. The minimum atomic E-state index is -0.287. The first-order valence-electron chi connectivity index (χ1n) is 11.8. The zero-order valence-electron chi connectivity index (χ0n) is 21.2. The van der Waals surface area contributed by atoms with Gasteiger partial charge in [-0.15, -0.1) is 11.3 Å². The molecule has 0 bridgehead atoms. The molecule has 0 radical (unpaired) electrons. The van der Waals surface area contributed by atoms with E-state index < -0.39 is 0 Å². The Bertz CT molecular complexity index is 1230. The standard InChI is InChI=1S/C26H33N7O2S/c1-6-25(34)28-19-15-20(22(35-5)16-21(19)32(4)13-12-31(2)3)29-26-27-10-7-24(30-26)33-11-8-23-18(17-33)9-14-36-23/h6-7,9-10,14-16H,1,8,11-13,17H2,2-5H3,(H,28,34)(H,27,29,30). The zero-order valence-corrected chi connectivity index (χ0v) is 22.1. The van der Waals surface area contributed by atoms with Gasteiger partial charge in [0.1, 0.15) is 11.6 Å². The summed E-state index contributed by atoms with van der Waals surface area (Å²) in [6.07, 6.45) is 4.03. The number of nitrogens with one attached hydrogen (secondary N) is 2. The summed E-state index contributed by atoms with van der Waals surface area (Å²) in [7, 11) is 7.66. The topological polar surface area (TPSA) is 85.9 Å². The van der Waals surface area contributed by atoms with E-state index in [2.05, 4.69) is 48.3 Å². The number of benzene rings is 1. The molecule has 36 heavy (non-hydrogen) atoms. The molecule has 0 unspecified atom stereocenters. The van der Waals surface area contributed by atoms with Gasteiger partial charge in [-0.05, 0) is 55.7 Å². The van der Waals surface area contributed by atoms with Crippen LogP contribution in [-0.4, -0.2) is 68.7 Å². The molecule has 1 aromatic carbocycles. The maximum absolute atomic E-state index is 12.2. The van der Waals surface area contributed by atoms with Gasteiger partial charge in [-0.1, -0.05) is 6.58 Å². The van der Waals surface area contributed by atoms with Crippen LogP contribution in [0.4, 0.5) is 28.8 Å². The average Bonchev–Trinajstić information content (AvgIpc) is 3.35. The lowest BCUT2D eigenvalue weighted by atomic mass is 10.1. The molecular weight excluding hydrogens is 474 g/mol. The molecule has 1 aliphatic heterocycles. The number of hydrogen-bond acceptors (Lipinski definition) is 9. The molecule has 1 amide bonds. The van der Waals surface area contributed by atoms with Crippen molar-refractivity contribution in [2.24, 2.45) is 0 Å². The lowest BCUT2D eigenvalue weighted by molar-refractivity contribution is -0.111. The quantitative estimate of drug-likeness (QED) is 0.399. The normalized spacial score (nSPS) is 12.8. The van der Waals surface area contributed by atoms with Crippen LogP contribution in [0.5, 0.6) is 5.75 Å². The predicted octanol–water partition coefficient (Wildman–Crippen LogP) is 3.98. The molecule has 0 saturated carbocycles. The van der Waals surface area contributed by atoms with Crippen molar-refractivity contribution in [3.05, 3.63) is 58.9 Å². The van der Waals surface area contributed by atoms with E-state index in [-0.39, 0.29) is 5.91 Å². The molecule has 0 aliphatic carbocycles. The zero-order chi connectivity index (χ0) is 25.7. The molecule has 10 heteroatoms. The highest BCUT2D eigenvalue weighted by Gasteiger charge is 2.20. The van der Waals surface area contributed by atoms with Crippen LogP contribution in [0.3, 0.4) is 0 Å². The first-order chi connectivity index (χ1) is 17.4. The SMILES string of the molecule is C=CC(=O)Nc1cc(Nc2nccc(N3CCc4sccc4C3)n2)c(OC)cc1N(C)CCN(C)C. The highest BCUT2D eigenvalue weighted by atomic mass is 32.1. The van der Waals surface area contributed by atoms with E-state index in [9.17, 15) is 4.79 Å². The smallest absolute Gasteiger partial charge is 0.247 e. The van der Waals surface area contributed by atoms with E-state index in [4.69, 9.17) is 9.72 Å². The third-order valence-electron chi connectivity index (χ3n) is 6.07. The molecule has 0 spiro atoms. The number of aromatic nitrogens is 2. The predicted molar refractivity (Wildman–Crippen MR) is 148 cm³/mol. The van der Waals surface area contributed by atoms with Crippen molar-refractivity contribution < 1.29 is 9.53 Å². The highest BCUT2D eigenvalue weighted by Crippen LogP contribution is 2.38. The van der Waals surface area contributed by atoms with Gasteiger partial charge in [0.2, 0.25) is 11.9 Å². The van der Waals surface area contributed by atoms with Crippen LogP contribution in [0, 0.1) is 0 Å². The summed E-state index contributed by atoms with van der Waals surface area (Å²) in [5, 5.41) is 8.36. The molecule has 190 valence electrons. The van der Waals surface area contributed by atoms with E-state index in [1.165, 1.54) is 16.5 Å². The third-order valence-corrected chi connectivity index (χ3v) is 7.10. The van der Waals surface area contributed by atoms with Crippen LogP contribution >= 0.6 is 11.3 Å². The number of fused-ring (bicyclic) bond motifs is 1. The third kappa shape index (κ3) is 5.95. The Morgan fingerprint density at radius 2 is 2.08 bits per heavy atom. The Labute approximate surface area is 216 Å². The number of likely N-dealkylation sites (N-methyl/N-ethyl adjacent to an activating group) is 2. The van der Waals surface area contributed by atoms with Crippen molar-refractivity contribution in [3.63, 3.8) is 0 Å². The summed E-state index contributed by atoms with van der Waals surface area (Å²) in [6, 6.07) is 7.87. The van der Waals surface area contributed by atoms with Crippen molar-refractivity contribution in [3.8, 4) is 5.75 Å². The first-order valence-corrected chi connectivity index (χ1v) is 12.7. The molecule has 3 heterocycles. The van der Waals surface area contributed by atoms with Gasteiger partial charge in [-0.25, -0.2) is 4.98 Å². The Kier molecular flexibility index (Phi) is 8.07. The molecule has 1 aliphatic rings. The Morgan fingerprint density at radius 3 is 2.83 bits per heavy atom. The number of nitrogens with zero attached hydrogens (tertiary/aromatic N) is 5. The molecule has 9 nitrogen and oxygen atoms in total. The molecule has 4 rings (SSSR count). The lowest BCUT2D eigenvalue weighted by Gasteiger charge is -2.28. The number of amides is 1. The second-order valence-electron chi connectivity index (χ2n) is 8.89. The van der Waals surface area contributed by atoms with Gasteiger partial charge in [0.05, 0.1) is 24.2 Å². The number of carbonyl (C=O) groups excluding carboxylic acids is 1. The van der Waals surface area contributed by atoms with Gasteiger partial charge < -0.3 is 30.1 Å². The largest absolute Gasteiger partial charge is 0.494 e. The van der Waals surface area contributed by atoms with E-state index in [1.54, 1.807) is 13.3 Å². The minimum absolute atomic E-state index is 0.287. The molecule has 0 saturated heterocycles. The molecule has 3 aromatic rings. The summed E-state index contributed by atoms with van der Waals surface area (Å²) in [4.78, 5) is 29.3. The van der Waals surface area contributed by atoms with Crippen LogP contribution in [-0.2, 0) is 17.8 Å². The van der Waals surface area contributed by atoms with Crippen LogP contribution in [0.15, 0.2) is 48.5 Å². The van der Waals surface area contributed by atoms with E-state index in [0.29, 0.717) is 23.1 Å². The molecule has 2 N–H and O–H groups in total. The van der Waals surface area contributed by atoms with E-state index in [1.807, 2.05) is 50.7 Å². The fourth-order valence-electron chi connectivity index (χ4n) is 4.06. The van der Waals surface area contributed by atoms with Gasteiger partial charge in [0.25, 0.3) is 0 Å². The van der Waals surface area contributed by atoms with Crippen molar-refractivity contribution >= 4 is 46.1 Å². The Morgan fingerprint density at radius 1 is 1.25 bits per heavy atom.